The van der Waals surface area contributed by atoms with Gasteiger partial charge in [0.1, 0.15) is 11.4 Å². The number of piperidine rings is 1. The third-order valence-electron chi connectivity index (χ3n) is 6.03. The van der Waals surface area contributed by atoms with E-state index in [0.29, 0.717) is 31.3 Å². The number of halogens is 3. The Morgan fingerprint density at radius 1 is 1.13 bits per heavy atom. The number of benzene rings is 2. The van der Waals surface area contributed by atoms with Gasteiger partial charge in [-0.2, -0.15) is 18.2 Å². The summed E-state index contributed by atoms with van der Waals surface area (Å²) in [5.41, 5.74) is 0.802. The lowest BCUT2D eigenvalue weighted by Gasteiger charge is -2.33. The van der Waals surface area contributed by atoms with Crippen LogP contribution in [-0.2, 0) is 11.0 Å². The van der Waals surface area contributed by atoms with Crippen molar-refractivity contribution in [1.82, 2.24) is 14.9 Å². The van der Waals surface area contributed by atoms with Crippen LogP contribution in [0.2, 0.25) is 0 Å². The number of alkyl halides is 3. The van der Waals surface area contributed by atoms with Gasteiger partial charge in [-0.1, -0.05) is 30.8 Å². The second kappa shape index (κ2) is 11.3. The van der Waals surface area contributed by atoms with Gasteiger partial charge < -0.3 is 20.9 Å². The van der Waals surface area contributed by atoms with Gasteiger partial charge in [0.05, 0.1) is 11.4 Å². The van der Waals surface area contributed by atoms with Gasteiger partial charge in [0.25, 0.3) is 5.91 Å². The van der Waals surface area contributed by atoms with E-state index in [4.69, 9.17) is 0 Å². The maximum atomic E-state index is 13.8. The first-order chi connectivity index (χ1) is 18.1. The maximum absolute atomic E-state index is 13.8. The zero-order valence-electron chi connectivity index (χ0n) is 20.7. The van der Waals surface area contributed by atoms with E-state index in [0.717, 1.165) is 18.1 Å². The van der Waals surface area contributed by atoms with Gasteiger partial charge in [-0.05, 0) is 55.7 Å². The number of aromatic nitrogens is 2. The molecule has 3 N–H and O–H groups in total. The number of carbonyl (C=O) groups is 2. The van der Waals surface area contributed by atoms with Crippen LogP contribution in [-0.4, -0.2) is 45.8 Å². The molecule has 1 aliphatic heterocycles. The lowest BCUT2D eigenvalue weighted by molar-refractivity contribution is -0.137. The maximum Gasteiger partial charge on any atom is 0.421 e. The van der Waals surface area contributed by atoms with Gasteiger partial charge in [-0.3, -0.25) is 9.59 Å². The number of anilines is 4. The number of amides is 2. The number of likely N-dealkylation sites (tertiary alicyclic amines) is 1. The minimum absolute atomic E-state index is 0.0108. The van der Waals surface area contributed by atoms with Crippen LogP contribution in [0.5, 0.6) is 0 Å². The summed E-state index contributed by atoms with van der Waals surface area (Å²) in [6.07, 6.45) is -1.53. The fraction of sp³-hybridized carbons (Fsp3) is 0.259. The molecular weight excluding hydrogens is 497 g/mol. The second-order valence-corrected chi connectivity index (χ2v) is 8.92. The zero-order chi connectivity index (χ0) is 27.3. The summed E-state index contributed by atoms with van der Waals surface area (Å²) in [4.78, 5) is 34.5. The predicted octanol–water partition coefficient (Wildman–Crippen LogP) is 5.39. The molecule has 1 saturated heterocycles. The number of nitrogens with one attached hydrogen (secondary N) is 3. The molecule has 3 aromatic rings. The molecule has 198 valence electrons. The van der Waals surface area contributed by atoms with Gasteiger partial charge in [0.2, 0.25) is 11.9 Å². The molecule has 2 amide bonds. The van der Waals surface area contributed by atoms with Crippen LogP contribution in [0.25, 0.3) is 0 Å². The summed E-state index contributed by atoms with van der Waals surface area (Å²) in [5.74, 6) is -1.10. The molecule has 11 heteroatoms. The Balaban J connectivity index is 1.57. The lowest BCUT2D eigenvalue weighted by Crippen LogP contribution is -2.45. The standard InChI is InChI=1S/C27H27F3N6O2/c1-3-23(37)33-22-14-17(2)11-12-21(22)34-24-20(27(28,29)30)15-31-26(35-24)32-19-10-7-13-36(16-19)25(38)18-8-5-4-6-9-18/h3-6,8-9,11-12,14-15,19H,1,7,10,13,16H2,2H3,(H,33,37)(H2,31,32,34,35)/t19-/m0/s1. The van der Waals surface area contributed by atoms with Crippen LogP contribution in [0.3, 0.4) is 0 Å². The quantitative estimate of drug-likeness (QED) is 0.359. The molecule has 38 heavy (non-hydrogen) atoms. The number of nitrogens with zero attached hydrogens (tertiary/aromatic N) is 3. The highest BCUT2D eigenvalue weighted by Gasteiger charge is 2.36. The van der Waals surface area contributed by atoms with Gasteiger partial charge in [0, 0.05) is 30.9 Å². The van der Waals surface area contributed by atoms with Crippen LogP contribution in [0.4, 0.5) is 36.3 Å². The summed E-state index contributed by atoms with van der Waals surface area (Å²) >= 11 is 0. The topological polar surface area (TPSA) is 99.2 Å². The van der Waals surface area contributed by atoms with E-state index in [2.05, 4.69) is 32.5 Å². The minimum Gasteiger partial charge on any atom is -0.350 e. The van der Waals surface area contributed by atoms with E-state index in [1.165, 1.54) is 0 Å². The fourth-order valence-electron chi connectivity index (χ4n) is 4.16. The largest absolute Gasteiger partial charge is 0.421 e. The van der Waals surface area contributed by atoms with Crippen LogP contribution in [0.1, 0.15) is 34.3 Å². The molecule has 1 atom stereocenters. The van der Waals surface area contributed by atoms with Crippen molar-refractivity contribution >= 4 is 35.0 Å². The number of hydrogen-bond acceptors (Lipinski definition) is 6. The smallest absolute Gasteiger partial charge is 0.350 e. The summed E-state index contributed by atoms with van der Waals surface area (Å²) in [6.45, 7) is 6.13. The zero-order valence-corrected chi connectivity index (χ0v) is 20.7. The Hall–Kier alpha value is -4.41. The number of rotatable bonds is 7. The second-order valence-electron chi connectivity index (χ2n) is 8.92. The normalized spacial score (nSPS) is 15.5. The average molecular weight is 525 g/mol. The highest BCUT2D eigenvalue weighted by atomic mass is 19.4. The molecule has 0 spiro atoms. The molecule has 0 bridgehead atoms. The molecule has 1 fully saturated rings. The molecule has 0 unspecified atom stereocenters. The molecule has 4 rings (SSSR count). The Morgan fingerprint density at radius 2 is 1.89 bits per heavy atom. The van der Waals surface area contributed by atoms with E-state index >= 15 is 0 Å². The van der Waals surface area contributed by atoms with E-state index < -0.39 is 23.5 Å². The van der Waals surface area contributed by atoms with Crippen LogP contribution >= 0.6 is 0 Å². The van der Waals surface area contributed by atoms with Crippen molar-refractivity contribution < 1.29 is 22.8 Å². The van der Waals surface area contributed by atoms with Crippen molar-refractivity contribution in [2.75, 3.05) is 29.0 Å². The van der Waals surface area contributed by atoms with Crippen LogP contribution in [0, 0.1) is 6.92 Å². The van der Waals surface area contributed by atoms with E-state index in [1.54, 1.807) is 54.3 Å². The summed E-state index contributed by atoms with van der Waals surface area (Å²) in [6, 6.07) is 13.5. The number of aryl methyl sites for hydroxylation is 1. The van der Waals surface area contributed by atoms with Crippen molar-refractivity contribution in [3.05, 3.63) is 84.1 Å². The fourth-order valence-corrected chi connectivity index (χ4v) is 4.16. The molecule has 0 aliphatic carbocycles. The summed E-state index contributed by atoms with van der Waals surface area (Å²) < 4.78 is 41.4. The van der Waals surface area contributed by atoms with Crippen molar-refractivity contribution in [1.29, 1.82) is 0 Å². The summed E-state index contributed by atoms with van der Waals surface area (Å²) in [7, 11) is 0. The van der Waals surface area contributed by atoms with Gasteiger partial charge >= 0.3 is 6.18 Å². The Bertz CT molecular complexity index is 1330. The van der Waals surface area contributed by atoms with Crippen molar-refractivity contribution in [2.45, 2.75) is 32.0 Å². The average Bonchev–Trinajstić information content (AvgIpc) is 2.90. The molecule has 0 saturated carbocycles. The monoisotopic (exact) mass is 524 g/mol. The first-order valence-electron chi connectivity index (χ1n) is 12.0. The molecule has 1 aromatic heterocycles. The van der Waals surface area contributed by atoms with E-state index in [-0.39, 0.29) is 29.3 Å². The SMILES string of the molecule is C=CC(=O)Nc1cc(C)ccc1Nc1nc(N[C@H]2CCCN(C(=O)c3ccccc3)C2)ncc1C(F)(F)F. The van der Waals surface area contributed by atoms with Crippen LogP contribution < -0.4 is 16.0 Å². The molecule has 8 nitrogen and oxygen atoms in total. The lowest BCUT2D eigenvalue weighted by atomic mass is 10.0. The van der Waals surface area contributed by atoms with Crippen molar-refractivity contribution in [3.8, 4) is 0 Å². The first-order valence-corrected chi connectivity index (χ1v) is 12.0. The van der Waals surface area contributed by atoms with Gasteiger partial charge in [-0.25, -0.2) is 4.98 Å². The number of hydrogen-bond donors (Lipinski definition) is 3. The number of carbonyl (C=O) groups excluding carboxylic acids is 2. The highest BCUT2D eigenvalue weighted by Crippen LogP contribution is 2.36. The van der Waals surface area contributed by atoms with Crippen molar-refractivity contribution in [3.63, 3.8) is 0 Å². The molecule has 0 radical (unpaired) electrons. The minimum atomic E-state index is -4.72. The Morgan fingerprint density at radius 3 is 2.61 bits per heavy atom. The van der Waals surface area contributed by atoms with Crippen molar-refractivity contribution in [2.24, 2.45) is 0 Å². The van der Waals surface area contributed by atoms with E-state index in [9.17, 15) is 22.8 Å². The van der Waals surface area contributed by atoms with E-state index in [1.807, 2.05) is 6.07 Å². The van der Waals surface area contributed by atoms with Gasteiger partial charge in [0.15, 0.2) is 0 Å². The third-order valence-corrected chi connectivity index (χ3v) is 6.03. The molecule has 1 aliphatic rings. The molecule has 2 aromatic carbocycles. The highest BCUT2D eigenvalue weighted by molar-refractivity contribution is 6.01. The van der Waals surface area contributed by atoms with Crippen LogP contribution in [0.15, 0.2) is 67.4 Å². The predicted molar refractivity (Wildman–Crippen MR) is 139 cm³/mol. The summed E-state index contributed by atoms with van der Waals surface area (Å²) in [5, 5.41) is 8.38. The molecule has 2 heterocycles. The Labute approximate surface area is 218 Å². The van der Waals surface area contributed by atoms with Gasteiger partial charge in [-0.15, -0.1) is 0 Å². The molecular formula is C27H27F3N6O2. The first kappa shape index (κ1) is 26.6. The Kier molecular flexibility index (Phi) is 7.94. The third kappa shape index (κ3) is 6.47.